The van der Waals surface area contributed by atoms with Gasteiger partial charge in [-0.2, -0.15) is 0 Å². The Labute approximate surface area is 102 Å². The van der Waals surface area contributed by atoms with Crippen LogP contribution in [0.1, 0.15) is 26.2 Å². The molecule has 0 saturated heterocycles. The van der Waals surface area contributed by atoms with Gasteiger partial charge < -0.3 is 15.4 Å². The third-order valence-corrected chi connectivity index (χ3v) is 3.43. The summed E-state index contributed by atoms with van der Waals surface area (Å²) in [6, 6.07) is 0.489. The largest absolute Gasteiger partial charge is 0.490 e. The molecule has 0 spiro atoms. The SMILES string of the molecule is CNc1ncnc(NC2CCCC2C)c1OC. The van der Waals surface area contributed by atoms with Crippen LogP contribution in [0.5, 0.6) is 5.75 Å². The minimum atomic E-state index is 0.489. The lowest BCUT2D eigenvalue weighted by atomic mass is 10.1. The van der Waals surface area contributed by atoms with E-state index in [0.29, 0.717) is 17.7 Å². The van der Waals surface area contributed by atoms with E-state index in [-0.39, 0.29) is 0 Å². The second-order valence-corrected chi connectivity index (χ2v) is 4.51. The molecule has 17 heavy (non-hydrogen) atoms. The van der Waals surface area contributed by atoms with Crippen LogP contribution >= 0.6 is 0 Å². The summed E-state index contributed by atoms with van der Waals surface area (Å²) in [5.41, 5.74) is 0. The van der Waals surface area contributed by atoms with Gasteiger partial charge in [0.15, 0.2) is 11.6 Å². The first-order chi connectivity index (χ1) is 8.26. The van der Waals surface area contributed by atoms with Gasteiger partial charge in [0.05, 0.1) is 7.11 Å². The minimum absolute atomic E-state index is 0.489. The molecule has 0 radical (unpaired) electrons. The molecule has 2 N–H and O–H groups in total. The lowest BCUT2D eigenvalue weighted by Crippen LogP contribution is -2.23. The predicted molar refractivity (Wildman–Crippen MR) is 68.6 cm³/mol. The van der Waals surface area contributed by atoms with E-state index in [1.807, 2.05) is 7.05 Å². The average Bonchev–Trinajstić information content (AvgIpc) is 2.74. The molecule has 5 heteroatoms. The van der Waals surface area contributed by atoms with Crippen LogP contribution < -0.4 is 15.4 Å². The average molecular weight is 236 g/mol. The molecule has 2 rings (SSSR count). The number of aromatic nitrogens is 2. The molecule has 1 aliphatic carbocycles. The van der Waals surface area contributed by atoms with Crippen molar-refractivity contribution in [1.82, 2.24) is 9.97 Å². The van der Waals surface area contributed by atoms with Gasteiger partial charge in [-0.15, -0.1) is 0 Å². The number of rotatable bonds is 4. The number of anilines is 2. The van der Waals surface area contributed by atoms with E-state index in [1.54, 1.807) is 13.4 Å². The lowest BCUT2D eigenvalue weighted by Gasteiger charge is -2.20. The normalized spacial score (nSPS) is 23.5. The Kier molecular flexibility index (Phi) is 3.66. The number of ether oxygens (including phenoxy) is 1. The van der Waals surface area contributed by atoms with Gasteiger partial charge in [-0.25, -0.2) is 9.97 Å². The summed E-state index contributed by atoms with van der Waals surface area (Å²) in [6.45, 7) is 2.28. The molecule has 1 aliphatic rings. The van der Waals surface area contributed by atoms with E-state index >= 15 is 0 Å². The number of nitrogens with one attached hydrogen (secondary N) is 2. The summed E-state index contributed by atoms with van der Waals surface area (Å²) in [4.78, 5) is 8.40. The standard InChI is InChI=1S/C12H20N4O/c1-8-5-4-6-9(8)16-12-10(17-3)11(13-2)14-7-15-12/h7-9H,4-6H2,1-3H3,(H2,13,14,15,16). The molecule has 1 fully saturated rings. The van der Waals surface area contributed by atoms with Crippen molar-refractivity contribution in [3.63, 3.8) is 0 Å². The van der Waals surface area contributed by atoms with Gasteiger partial charge in [0.25, 0.3) is 0 Å². The van der Waals surface area contributed by atoms with E-state index in [2.05, 4.69) is 27.5 Å². The lowest BCUT2D eigenvalue weighted by molar-refractivity contribution is 0.413. The summed E-state index contributed by atoms with van der Waals surface area (Å²) in [5.74, 6) is 2.88. The zero-order valence-electron chi connectivity index (χ0n) is 10.7. The molecule has 1 aromatic rings. The van der Waals surface area contributed by atoms with Crippen LogP contribution in [0.2, 0.25) is 0 Å². The third kappa shape index (κ3) is 2.43. The fourth-order valence-electron chi connectivity index (χ4n) is 2.38. The first kappa shape index (κ1) is 12.0. The van der Waals surface area contributed by atoms with Crippen molar-refractivity contribution in [2.75, 3.05) is 24.8 Å². The zero-order valence-corrected chi connectivity index (χ0v) is 10.7. The van der Waals surface area contributed by atoms with Crippen molar-refractivity contribution >= 4 is 11.6 Å². The summed E-state index contributed by atoms with van der Waals surface area (Å²) in [6.07, 6.45) is 5.31. The molecular weight excluding hydrogens is 216 g/mol. The highest BCUT2D eigenvalue weighted by Crippen LogP contribution is 2.33. The molecule has 0 amide bonds. The van der Waals surface area contributed by atoms with Gasteiger partial charge in [0.1, 0.15) is 6.33 Å². The van der Waals surface area contributed by atoms with E-state index in [4.69, 9.17) is 4.74 Å². The molecule has 0 bridgehead atoms. The second kappa shape index (κ2) is 5.21. The minimum Gasteiger partial charge on any atom is -0.490 e. The van der Waals surface area contributed by atoms with Crippen LogP contribution in [0.25, 0.3) is 0 Å². The number of hydrogen-bond acceptors (Lipinski definition) is 5. The third-order valence-electron chi connectivity index (χ3n) is 3.43. The van der Waals surface area contributed by atoms with Gasteiger partial charge in [0.2, 0.25) is 5.75 Å². The quantitative estimate of drug-likeness (QED) is 0.838. The molecular formula is C12H20N4O. The fourth-order valence-corrected chi connectivity index (χ4v) is 2.38. The topological polar surface area (TPSA) is 59.1 Å². The van der Waals surface area contributed by atoms with E-state index in [9.17, 15) is 0 Å². The van der Waals surface area contributed by atoms with Crippen molar-refractivity contribution in [2.45, 2.75) is 32.2 Å². The van der Waals surface area contributed by atoms with Gasteiger partial charge in [-0.1, -0.05) is 13.3 Å². The van der Waals surface area contributed by atoms with Gasteiger partial charge >= 0.3 is 0 Å². The summed E-state index contributed by atoms with van der Waals surface area (Å²) >= 11 is 0. The Bertz CT molecular complexity index is 383. The maximum atomic E-state index is 5.36. The van der Waals surface area contributed by atoms with Crippen molar-refractivity contribution in [2.24, 2.45) is 5.92 Å². The van der Waals surface area contributed by atoms with Crippen LogP contribution in [0.3, 0.4) is 0 Å². The van der Waals surface area contributed by atoms with Crippen LogP contribution in [0.4, 0.5) is 11.6 Å². The molecule has 1 heterocycles. The molecule has 0 aliphatic heterocycles. The highest BCUT2D eigenvalue weighted by Gasteiger charge is 2.25. The Morgan fingerprint density at radius 3 is 2.65 bits per heavy atom. The van der Waals surface area contributed by atoms with Gasteiger partial charge in [-0.05, 0) is 18.8 Å². The Hall–Kier alpha value is -1.52. The van der Waals surface area contributed by atoms with E-state index in [1.165, 1.54) is 19.3 Å². The maximum Gasteiger partial charge on any atom is 0.204 e. The Morgan fingerprint density at radius 2 is 2.06 bits per heavy atom. The maximum absolute atomic E-state index is 5.36. The Balaban J connectivity index is 2.19. The van der Waals surface area contributed by atoms with Crippen molar-refractivity contribution in [3.8, 4) is 5.75 Å². The van der Waals surface area contributed by atoms with Crippen molar-refractivity contribution in [3.05, 3.63) is 6.33 Å². The zero-order chi connectivity index (χ0) is 12.3. The van der Waals surface area contributed by atoms with Gasteiger partial charge in [0, 0.05) is 13.1 Å². The van der Waals surface area contributed by atoms with Crippen LogP contribution in [-0.2, 0) is 0 Å². The second-order valence-electron chi connectivity index (χ2n) is 4.51. The smallest absolute Gasteiger partial charge is 0.204 e. The fraction of sp³-hybridized carbons (Fsp3) is 0.667. The summed E-state index contributed by atoms with van der Waals surface area (Å²) in [7, 11) is 3.47. The van der Waals surface area contributed by atoms with E-state index in [0.717, 1.165) is 11.6 Å². The van der Waals surface area contributed by atoms with Crippen LogP contribution in [0.15, 0.2) is 6.33 Å². The first-order valence-electron chi connectivity index (χ1n) is 6.09. The van der Waals surface area contributed by atoms with Crippen LogP contribution in [-0.4, -0.2) is 30.2 Å². The first-order valence-corrected chi connectivity index (χ1v) is 6.09. The summed E-state index contributed by atoms with van der Waals surface area (Å²) < 4.78 is 5.36. The molecule has 2 unspecified atom stereocenters. The summed E-state index contributed by atoms with van der Waals surface area (Å²) in [5, 5.41) is 6.48. The highest BCUT2D eigenvalue weighted by molar-refractivity contribution is 5.63. The van der Waals surface area contributed by atoms with Crippen molar-refractivity contribution in [1.29, 1.82) is 0 Å². The Morgan fingerprint density at radius 1 is 1.29 bits per heavy atom. The number of methoxy groups -OCH3 is 1. The molecule has 5 nitrogen and oxygen atoms in total. The van der Waals surface area contributed by atoms with Crippen molar-refractivity contribution < 1.29 is 4.74 Å². The molecule has 0 aromatic carbocycles. The molecule has 1 aromatic heterocycles. The monoisotopic (exact) mass is 236 g/mol. The van der Waals surface area contributed by atoms with Crippen LogP contribution in [0, 0.1) is 5.92 Å². The molecule has 2 atom stereocenters. The molecule has 94 valence electrons. The van der Waals surface area contributed by atoms with E-state index < -0.39 is 0 Å². The number of hydrogen-bond donors (Lipinski definition) is 2. The van der Waals surface area contributed by atoms with Gasteiger partial charge in [-0.3, -0.25) is 0 Å². The highest BCUT2D eigenvalue weighted by atomic mass is 16.5. The number of nitrogens with zero attached hydrogens (tertiary/aromatic N) is 2. The predicted octanol–water partition coefficient (Wildman–Crippen LogP) is 2.13. The molecule has 1 saturated carbocycles.